The van der Waals surface area contributed by atoms with Crippen LogP contribution in [0.1, 0.15) is 17.7 Å². The number of aliphatic hydroxyl groups excluding tert-OH is 5. The number of rotatable bonds is 4. The Morgan fingerprint density at radius 2 is 1.97 bits per heavy atom. The molecule has 1 saturated heterocycles. The molecule has 0 bridgehead atoms. The molecule has 0 saturated carbocycles. The van der Waals surface area contributed by atoms with Crippen LogP contribution in [0.15, 0.2) is 54.3 Å². The van der Waals surface area contributed by atoms with Gasteiger partial charge in [0.25, 0.3) is 5.91 Å². The minimum Gasteiger partial charge on any atom is -0.512 e. The van der Waals surface area contributed by atoms with Gasteiger partial charge in [0.2, 0.25) is 0 Å². The van der Waals surface area contributed by atoms with E-state index in [1.807, 2.05) is 24.3 Å². The van der Waals surface area contributed by atoms with E-state index >= 15 is 0 Å². The number of para-hydroxylation sites is 1. The third kappa shape index (κ3) is 3.67. The molecule has 10 heteroatoms. The highest BCUT2D eigenvalue weighted by molar-refractivity contribution is 6.04. The van der Waals surface area contributed by atoms with E-state index in [-0.39, 0.29) is 18.1 Å². The van der Waals surface area contributed by atoms with Gasteiger partial charge >= 0.3 is 0 Å². The number of ether oxygens (including phenoxy) is 2. The highest BCUT2D eigenvalue weighted by Crippen LogP contribution is 2.46. The SMILES string of the molecule is C=C[C@@H]1[C@@H]2C=C3c4[nH]c5ccccc5c4CCN3C(=O)C2=C(O)C[C@H]1O[C@@H]1O[C@H](CO)[C@@H](O)[C@H](O)[C@H]1O. The Balaban J connectivity index is 1.36. The number of H-pyrrole nitrogens is 1. The number of aliphatic hydroxyl groups is 5. The van der Waals surface area contributed by atoms with Crippen LogP contribution in [0.4, 0.5) is 0 Å². The van der Waals surface area contributed by atoms with E-state index in [1.54, 1.807) is 11.0 Å². The van der Waals surface area contributed by atoms with Gasteiger partial charge in [-0.3, -0.25) is 4.79 Å². The second-order valence-corrected chi connectivity index (χ2v) is 10.1. The van der Waals surface area contributed by atoms with Gasteiger partial charge in [-0.15, -0.1) is 6.58 Å². The summed E-state index contributed by atoms with van der Waals surface area (Å²) in [5, 5.41) is 52.3. The number of aromatic amines is 1. The summed E-state index contributed by atoms with van der Waals surface area (Å²) in [5.41, 5.74) is 4.03. The van der Waals surface area contributed by atoms with Gasteiger partial charge in [-0.05, 0) is 24.1 Å². The molecule has 8 atom stereocenters. The number of hydrogen-bond acceptors (Lipinski definition) is 8. The minimum absolute atomic E-state index is 0.0298. The Labute approximate surface area is 212 Å². The van der Waals surface area contributed by atoms with Gasteiger partial charge in [0.15, 0.2) is 6.29 Å². The number of fused-ring (bicyclic) bond motifs is 6. The summed E-state index contributed by atoms with van der Waals surface area (Å²) in [4.78, 5) is 18.8. The number of amides is 1. The smallest absolute Gasteiger partial charge is 0.258 e. The summed E-state index contributed by atoms with van der Waals surface area (Å²) in [7, 11) is 0. The van der Waals surface area contributed by atoms with Crippen molar-refractivity contribution < 1.29 is 39.8 Å². The van der Waals surface area contributed by atoms with Gasteiger partial charge in [0.05, 0.1) is 29.7 Å². The fraction of sp³-hybridized carbons (Fsp3) is 0.444. The molecule has 37 heavy (non-hydrogen) atoms. The number of nitrogens with zero attached hydrogens (tertiary/aromatic N) is 1. The van der Waals surface area contributed by atoms with E-state index in [4.69, 9.17) is 9.47 Å². The molecule has 196 valence electrons. The van der Waals surface area contributed by atoms with Crippen LogP contribution in [-0.4, -0.2) is 91.3 Å². The van der Waals surface area contributed by atoms with Crippen molar-refractivity contribution in [1.29, 1.82) is 0 Å². The lowest BCUT2D eigenvalue weighted by molar-refractivity contribution is -0.315. The number of carbonyl (C=O) groups excluding carboxylic acids is 1. The first-order valence-corrected chi connectivity index (χ1v) is 12.5. The number of carbonyl (C=O) groups is 1. The van der Waals surface area contributed by atoms with Gasteiger partial charge in [-0.2, -0.15) is 0 Å². The maximum atomic E-state index is 13.6. The molecule has 2 aromatic rings. The Hall–Kier alpha value is -2.99. The lowest BCUT2D eigenvalue weighted by atomic mass is 9.72. The lowest BCUT2D eigenvalue weighted by Gasteiger charge is -2.45. The first kappa shape index (κ1) is 24.4. The average molecular weight is 511 g/mol. The molecule has 1 fully saturated rings. The van der Waals surface area contributed by atoms with Crippen LogP contribution in [0, 0.1) is 11.8 Å². The fourth-order valence-electron chi connectivity index (χ4n) is 6.16. The maximum absolute atomic E-state index is 13.6. The van der Waals surface area contributed by atoms with Gasteiger partial charge in [0.1, 0.15) is 30.2 Å². The zero-order valence-electron chi connectivity index (χ0n) is 20.0. The van der Waals surface area contributed by atoms with Crippen molar-refractivity contribution in [2.24, 2.45) is 11.8 Å². The van der Waals surface area contributed by atoms with Crippen LogP contribution in [0.5, 0.6) is 0 Å². The summed E-state index contributed by atoms with van der Waals surface area (Å²) in [6.07, 6.45) is -3.65. The van der Waals surface area contributed by atoms with E-state index in [0.717, 1.165) is 27.9 Å². The van der Waals surface area contributed by atoms with E-state index in [0.29, 0.717) is 18.5 Å². The normalized spacial score (nSPS) is 35.6. The molecule has 4 aliphatic rings. The van der Waals surface area contributed by atoms with Crippen molar-refractivity contribution in [3.05, 3.63) is 65.6 Å². The van der Waals surface area contributed by atoms with Gasteiger partial charge in [0, 0.05) is 35.7 Å². The molecule has 1 aromatic carbocycles. The maximum Gasteiger partial charge on any atom is 0.258 e. The molecule has 0 unspecified atom stereocenters. The van der Waals surface area contributed by atoms with Gasteiger partial charge < -0.3 is 44.9 Å². The number of hydrogen-bond donors (Lipinski definition) is 6. The molecule has 6 rings (SSSR count). The van der Waals surface area contributed by atoms with Crippen LogP contribution in [0.25, 0.3) is 16.6 Å². The van der Waals surface area contributed by atoms with Crippen LogP contribution in [-0.2, 0) is 20.7 Å². The van der Waals surface area contributed by atoms with Crippen molar-refractivity contribution >= 4 is 22.5 Å². The average Bonchev–Trinajstić information content (AvgIpc) is 3.28. The van der Waals surface area contributed by atoms with Crippen molar-refractivity contribution in [3.8, 4) is 0 Å². The standard InChI is InChI=1S/C27H30N2O8/c1-2-12-15-9-17-22-14(13-5-3-4-6-16(13)28-22)7-8-29(17)26(35)21(15)18(31)10-19(12)36-27-25(34)24(33)23(32)20(11-30)37-27/h2-6,9,12,15,19-20,23-25,27-28,30-34H,1,7-8,10-11H2/t12-,15+,19-,20-,23-,24+,25-,27-/m1/s1. The number of allylic oxidation sites excluding steroid dienone is 1. The zero-order chi connectivity index (χ0) is 26.0. The van der Waals surface area contributed by atoms with Crippen molar-refractivity contribution in [2.75, 3.05) is 13.2 Å². The first-order valence-electron chi connectivity index (χ1n) is 12.5. The monoisotopic (exact) mass is 510 g/mol. The summed E-state index contributed by atoms with van der Waals surface area (Å²) in [6.45, 7) is 3.86. The van der Waals surface area contributed by atoms with Crippen molar-refractivity contribution in [2.45, 2.75) is 49.7 Å². The molecule has 10 nitrogen and oxygen atoms in total. The summed E-state index contributed by atoms with van der Waals surface area (Å²) >= 11 is 0. The molecule has 6 N–H and O–H groups in total. The van der Waals surface area contributed by atoms with Crippen molar-refractivity contribution in [1.82, 2.24) is 9.88 Å². The third-order valence-corrected chi connectivity index (χ3v) is 8.07. The van der Waals surface area contributed by atoms with Gasteiger partial charge in [-0.25, -0.2) is 0 Å². The zero-order valence-corrected chi connectivity index (χ0v) is 20.0. The predicted octanol–water partition coefficient (Wildman–Crippen LogP) is 0.726. The summed E-state index contributed by atoms with van der Waals surface area (Å²) in [5.74, 6) is -1.38. The largest absolute Gasteiger partial charge is 0.512 e. The molecule has 0 spiro atoms. The van der Waals surface area contributed by atoms with E-state index in [9.17, 15) is 30.3 Å². The lowest BCUT2D eigenvalue weighted by Crippen LogP contribution is -2.60. The van der Waals surface area contributed by atoms with Crippen molar-refractivity contribution in [3.63, 3.8) is 0 Å². The highest BCUT2D eigenvalue weighted by Gasteiger charge is 2.49. The molecular formula is C27H30N2O8. The van der Waals surface area contributed by atoms with E-state index in [2.05, 4.69) is 17.6 Å². The Morgan fingerprint density at radius 3 is 2.73 bits per heavy atom. The number of benzene rings is 1. The second-order valence-electron chi connectivity index (χ2n) is 10.1. The van der Waals surface area contributed by atoms with Crippen LogP contribution in [0.3, 0.4) is 0 Å². The summed E-state index contributed by atoms with van der Waals surface area (Å²) in [6, 6.07) is 7.99. The third-order valence-electron chi connectivity index (χ3n) is 8.07. The highest BCUT2D eigenvalue weighted by atomic mass is 16.7. The van der Waals surface area contributed by atoms with Crippen LogP contribution >= 0.6 is 0 Å². The fourth-order valence-corrected chi connectivity index (χ4v) is 6.16. The molecule has 1 amide bonds. The van der Waals surface area contributed by atoms with Crippen LogP contribution in [0.2, 0.25) is 0 Å². The topological polar surface area (TPSA) is 156 Å². The number of aromatic nitrogens is 1. The quantitative estimate of drug-likeness (QED) is 0.329. The van der Waals surface area contributed by atoms with Crippen LogP contribution < -0.4 is 0 Å². The molecule has 4 heterocycles. The summed E-state index contributed by atoms with van der Waals surface area (Å²) < 4.78 is 11.5. The Kier molecular flexibility index (Phi) is 5.98. The second kappa shape index (κ2) is 9.09. The van der Waals surface area contributed by atoms with Gasteiger partial charge in [-0.1, -0.05) is 24.3 Å². The molecular weight excluding hydrogens is 480 g/mol. The molecule has 1 aliphatic carbocycles. The molecule has 3 aliphatic heterocycles. The predicted molar refractivity (Wildman–Crippen MR) is 132 cm³/mol. The number of nitrogens with one attached hydrogen (secondary N) is 1. The Bertz CT molecular complexity index is 1310. The molecule has 0 radical (unpaired) electrons. The minimum atomic E-state index is -1.59. The van der Waals surface area contributed by atoms with E-state index in [1.165, 1.54) is 0 Å². The molecule has 1 aromatic heterocycles. The Morgan fingerprint density at radius 1 is 1.19 bits per heavy atom. The van der Waals surface area contributed by atoms with E-state index < -0.39 is 55.3 Å². The first-order chi connectivity index (χ1) is 17.8.